The van der Waals surface area contributed by atoms with E-state index in [1.165, 1.54) is 11.0 Å². The molecule has 4 aliphatic rings. The maximum Gasteiger partial charge on any atom is 0.418 e. The van der Waals surface area contributed by atoms with Gasteiger partial charge in [-0.15, -0.1) is 0 Å². The van der Waals surface area contributed by atoms with Crippen LogP contribution >= 0.6 is 11.6 Å². The van der Waals surface area contributed by atoms with Gasteiger partial charge in [0.2, 0.25) is 0 Å². The number of piperidine rings is 3. The van der Waals surface area contributed by atoms with Crippen LogP contribution in [0.3, 0.4) is 0 Å². The fraction of sp³-hybridized carbons (Fsp3) is 0.556. The number of hydrogen-bond acceptors (Lipinski definition) is 7. The highest BCUT2D eigenvalue weighted by Gasteiger charge is 2.39. The molecule has 282 valence electrons. The molecule has 1 atom stereocenters. The van der Waals surface area contributed by atoms with Crippen molar-refractivity contribution in [2.45, 2.75) is 75.7 Å². The Morgan fingerprint density at radius 1 is 0.923 bits per heavy atom. The average Bonchev–Trinajstić information content (AvgIpc) is 3.30. The second-order valence-electron chi connectivity index (χ2n) is 14.1. The van der Waals surface area contributed by atoms with E-state index in [2.05, 4.69) is 10.2 Å². The molecule has 4 heterocycles. The van der Waals surface area contributed by atoms with Gasteiger partial charge >= 0.3 is 24.3 Å². The number of nitrogens with two attached hydrogens (primary N) is 1. The number of para-hydroxylation sites is 1. The van der Waals surface area contributed by atoms with Crippen molar-refractivity contribution in [2.24, 2.45) is 5.92 Å². The predicted octanol–water partition coefficient (Wildman–Crippen LogP) is 5.33. The summed E-state index contributed by atoms with van der Waals surface area (Å²) in [5.41, 5.74) is 5.75. The van der Waals surface area contributed by atoms with Crippen LogP contribution in [0.15, 0.2) is 36.4 Å². The lowest BCUT2D eigenvalue weighted by Crippen LogP contribution is -2.53. The summed E-state index contributed by atoms with van der Waals surface area (Å²) in [6.07, 6.45) is -3.31. The summed E-state index contributed by atoms with van der Waals surface area (Å²) >= 11 is 6.10. The molecule has 1 unspecified atom stereocenters. The molecule has 4 amide bonds. The number of benzene rings is 2. The molecule has 2 aromatic rings. The Labute approximate surface area is 305 Å². The number of halogens is 4. The van der Waals surface area contributed by atoms with Gasteiger partial charge in [0.25, 0.3) is 5.91 Å². The Balaban J connectivity index is 1.11. The number of amides is 4. The van der Waals surface area contributed by atoms with Gasteiger partial charge in [0.05, 0.1) is 22.2 Å². The van der Waals surface area contributed by atoms with Gasteiger partial charge in [-0.2, -0.15) is 13.2 Å². The molecule has 3 fully saturated rings. The van der Waals surface area contributed by atoms with Crippen LogP contribution in [-0.4, -0.2) is 113 Å². The number of ether oxygens (including phenoxy) is 1. The highest BCUT2D eigenvalue weighted by Crippen LogP contribution is 2.38. The normalized spacial score (nSPS) is 20.5. The lowest BCUT2D eigenvalue weighted by Gasteiger charge is -2.42. The number of alkyl halides is 3. The lowest BCUT2D eigenvalue weighted by molar-refractivity contribution is -0.145. The first-order valence-electron chi connectivity index (χ1n) is 17.8. The van der Waals surface area contributed by atoms with Gasteiger partial charge in [0, 0.05) is 56.9 Å². The number of carbonyl (C=O) groups excluding carboxylic acids is 3. The summed E-state index contributed by atoms with van der Waals surface area (Å²) in [6.45, 7) is 3.05. The van der Waals surface area contributed by atoms with E-state index in [1.807, 2.05) is 24.3 Å². The number of rotatable bonds is 7. The van der Waals surface area contributed by atoms with Gasteiger partial charge in [-0.3, -0.25) is 9.59 Å². The van der Waals surface area contributed by atoms with Crippen molar-refractivity contribution in [2.75, 3.05) is 56.9 Å². The number of carboxylic acids is 1. The highest BCUT2D eigenvalue weighted by atomic mass is 35.5. The van der Waals surface area contributed by atoms with Crippen LogP contribution < -0.4 is 11.1 Å². The van der Waals surface area contributed by atoms with Crippen molar-refractivity contribution >= 4 is 47.0 Å². The third-order valence-corrected chi connectivity index (χ3v) is 11.2. The van der Waals surface area contributed by atoms with Gasteiger partial charge in [-0.1, -0.05) is 29.8 Å². The molecular formula is C36H44ClF3N6O6. The van der Waals surface area contributed by atoms with Crippen LogP contribution in [0.1, 0.15) is 55.2 Å². The monoisotopic (exact) mass is 748 g/mol. The zero-order valence-electron chi connectivity index (χ0n) is 28.7. The molecule has 52 heavy (non-hydrogen) atoms. The summed E-state index contributed by atoms with van der Waals surface area (Å²) in [5, 5.41) is 12.0. The number of nitrogens with zero attached hydrogens (tertiary/aromatic N) is 4. The van der Waals surface area contributed by atoms with E-state index in [-0.39, 0.29) is 54.1 Å². The molecule has 12 nitrogen and oxygen atoms in total. The van der Waals surface area contributed by atoms with Gasteiger partial charge < -0.3 is 40.5 Å². The zero-order valence-corrected chi connectivity index (χ0v) is 29.5. The Morgan fingerprint density at radius 2 is 1.56 bits per heavy atom. The molecule has 4 aliphatic heterocycles. The minimum atomic E-state index is -4.79. The number of nitrogen functional groups attached to an aromatic ring is 1. The predicted molar refractivity (Wildman–Crippen MR) is 187 cm³/mol. The van der Waals surface area contributed by atoms with Crippen LogP contribution in [0.2, 0.25) is 5.02 Å². The standard InChI is InChI=1S/C36H44ClF3N6O6/c37-28-20-22(19-27(31(28)41)36(38,39)40)21-30(32(47)44-14-8-25(9-15-44)43-12-5-24(6-13-43)33(48)49)52-35(51)45-16-10-26(11-17-45)46-18-7-23-3-1-2-4-29(23)42-34(46)50/h1-4,19-20,24-26,30H,5-18,21,41H2,(H,42,50)(H,48,49). The fourth-order valence-corrected chi connectivity index (χ4v) is 8.12. The molecule has 0 aliphatic carbocycles. The molecule has 0 spiro atoms. The van der Waals surface area contributed by atoms with E-state index in [1.54, 1.807) is 9.80 Å². The Hall–Kier alpha value is -4.24. The second-order valence-corrected chi connectivity index (χ2v) is 14.5. The number of fused-ring (bicyclic) bond motifs is 1. The lowest BCUT2D eigenvalue weighted by atomic mass is 9.93. The first-order chi connectivity index (χ1) is 24.8. The average molecular weight is 749 g/mol. The summed E-state index contributed by atoms with van der Waals surface area (Å²) in [6, 6.07) is 9.56. The van der Waals surface area contributed by atoms with Crippen molar-refractivity contribution < 1.29 is 42.2 Å². The van der Waals surface area contributed by atoms with Crippen LogP contribution in [0.5, 0.6) is 0 Å². The van der Waals surface area contributed by atoms with Crippen molar-refractivity contribution in [3.63, 3.8) is 0 Å². The van der Waals surface area contributed by atoms with E-state index in [0.29, 0.717) is 77.7 Å². The number of likely N-dealkylation sites (tertiary alicyclic amines) is 3. The first kappa shape index (κ1) is 37.5. The van der Waals surface area contributed by atoms with Gasteiger partial charge in [0.15, 0.2) is 6.10 Å². The van der Waals surface area contributed by atoms with Crippen LogP contribution in [0, 0.1) is 5.92 Å². The molecule has 0 aromatic heterocycles. The second kappa shape index (κ2) is 15.8. The number of anilines is 2. The van der Waals surface area contributed by atoms with Crippen molar-refractivity contribution in [1.29, 1.82) is 0 Å². The summed E-state index contributed by atoms with van der Waals surface area (Å²) in [7, 11) is 0. The Bertz CT molecular complexity index is 1660. The van der Waals surface area contributed by atoms with Crippen LogP contribution in [0.25, 0.3) is 0 Å². The fourth-order valence-electron chi connectivity index (χ4n) is 7.88. The zero-order chi connectivity index (χ0) is 37.2. The van der Waals surface area contributed by atoms with Crippen molar-refractivity contribution in [3.05, 3.63) is 58.1 Å². The number of carboxylic acid groups (broad SMARTS) is 1. The quantitative estimate of drug-likeness (QED) is 0.322. The number of urea groups is 1. The smallest absolute Gasteiger partial charge is 0.418 e. The third-order valence-electron chi connectivity index (χ3n) is 10.9. The number of hydrogen-bond donors (Lipinski definition) is 3. The van der Waals surface area contributed by atoms with Gasteiger partial charge in [-0.05, 0) is 87.4 Å². The molecule has 6 rings (SSSR count). The summed E-state index contributed by atoms with van der Waals surface area (Å²) in [4.78, 5) is 59.1. The number of aliphatic carboxylic acids is 1. The topological polar surface area (TPSA) is 149 Å². The minimum Gasteiger partial charge on any atom is -0.481 e. The molecule has 16 heteroatoms. The van der Waals surface area contributed by atoms with E-state index in [4.69, 9.17) is 22.1 Å². The maximum absolute atomic E-state index is 14.0. The molecular weight excluding hydrogens is 705 g/mol. The molecule has 4 N–H and O–H groups in total. The summed E-state index contributed by atoms with van der Waals surface area (Å²) in [5.74, 6) is -1.66. The minimum absolute atomic E-state index is 0.0424. The van der Waals surface area contributed by atoms with Crippen LogP contribution in [0.4, 0.5) is 34.1 Å². The SMILES string of the molecule is Nc1c(Cl)cc(CC(OC(=O)N2CCC(N3CCc4ccccc4NC3=O)CC2)C(=O)N2CCC(N3CCC(C(=O)O)CC3)CC2)cc1C(F)(F)F. The number of carbonyl (C=O) groups is 4. The molecule has 0 saturated carbocycles. The Kier molecular flexibility index (Phi) is 11.4. The third kappa shape index (κ3) is 8.52. The highest BCUT2D eigenvalue weighted by molar-refractivity contribution is 6.33. The largest absolute Gasteiger partial charge is 0.481 e. The van der Waals surface area contributed by atoms with E-state index in [0.717, 1.165) is 17.3 Å². The van der Waals surface area contributed by atoms with E-state index in [9.17, 15) is 37.5 Å². The molecule has 0 radical (unpaired) electrons. The molecule has 3 saturated heterocycles. The molecule has 2 aromatic carbocycles. The first-order valence-corrected chi connectivity index (χ1v) is 18.2. The van der Waals surface area contributed by atoms with Gasteiger partial charge in [0.1, 0.15) is 0 Å². The maximum atomic E-state index is 14.0. The van der Waals surface area contributed by atoms with Crippen molar-refractivity contribution in [3.8, 4) is 0 Å². The van der Waals surface area contributed by atoms with Crippen molar-refractivity contribution in [1.82, 2.24) is 19.6 Å². The van der Waals surface area contributed by atoms with E-state index >= 15 is 0 Å². The van der Waals surface area contributed by atoms with E-state index < -0.39 is 41.5 Å². The summed E-state index contributed by atoms with van der Waals surface area (Å²) < 4.78 is 47.3. The number of nitrogens with one attached hydrogen (secondary N) is 1. The van der Waals surface area contributed by atoms with Crippen LogP contribution in [-0.2, 0) is 33.3 Å². The van der Waals surface area contributed by atoms with Gasteiger partial charge in [-0.25, -0.2) is 9.59 Å². The Morgan fingerprint density at radius 3 is 2.21 bits per heavy atom. The molecule has 0 bridgehead atoms.